The fourth-order valence-corrected chi connectivity index (χ4v) is 8.46. The lowest BCUT2D eigenvalue weighted by Crippen LogP contribution is -2.75. The summed E-state index contributed by atoms with van der Waals surface area (Å²) in [5.74, 6) is 0. The van der Waals surface area contributed by atoms with Gasteiger partial charge in [-0.1, -0.05) is 103 Å². The topological polar surface area (TPSA) is 3.88 Å². The largest absolute Gasteiger partial charge is 0.416 e. The SMILES string of the molecule is Clc1cc[n+](Cc2ccccc2)c2ccccc12.FC(F)(F)c1cc([B-](c2cc(C(F)(F)F)cc(C(F)(F)F)c2)(c2cc(C(F)(F)F)cc(C(F)(F)F)c2)c2cc(C(F)(F)F)cc(C(F)(F)F)c2)cc(C(F)(F)F)c1. The monoisotopic (exact) mass is 1120 g/mol. The number of aromatic nitrogens is 1. The molecule has 1 aromatic heterocycles. The standard InChI is InChI=1S/C32H12BF24.C16H13ClN/c34-25(35,36)13-1-14(26(37,38)39)6-21(5-13)33(22-7-15(27(40,41)42)2-16(8-22)28(43,44)45,23-9-17(29(46,47)48)3-18(10-23)30(49,50)51)24-11-19(31(52,53)54)4-20(12-24)32(55,56)57;17-15-10-11-18(12-13-6-2-1-3-7-13)16-9-5-4-8-14(15)16/h1-12H;1-11H,12H2/q-1;+1. The van der Waals surface area contributed by atoms with E-state index in [2.05, 4.69) is 41.0 Å². The Bertz CT molecular complexity index is 2760. The molecule has 0 saturated heterocycles. The molecule has 400 valence electrons. The van der Waals surface area contributed by atoms with E-state index < -0.39 is 195 Å². The minimum atomic E-state index is -6.13. The van der Waals surface area contributed by atoms with Crippen molar-refractivity contribution in [1.82, 2.24) is 0 Å². The highest BCUT2D eigenvalue weighted by Gasteiger charge is 2.47. The highest BCUT2D eigenvalue weighted by atomic mass is 35.5. The fourth-order valence-electron chi connectivity index (χ4n) is 8.24. The lowest BCUT2D eigenvalue weighted by atomic mass is 9.12. The number of benzene rings is 6. The zero-order valence-corrected chi connectivity index (χ0v) is 37.2. The average molecular weight is 1120 g/mol. The molecule has 0 spiro atoms. The minimum absolute atomic E-state index is 0.691. The molecule has 0 unspecified atom stereocenters. The van der Waals surface area contributed by atoms with Crippen LogP contribution in [0.2, 0.25) is 5.02 Å². The van der Waals surface area contributed by atoms with Crippen molar-refractivity contribution in [3.05, 3.63) is 195 Å². The van der Waals surface area contributed by atoms with Crippen LogP contribution >= 0.6 is 11.6 Å². The third-order valence-electron chi connectivity index (χ3n) is 11.5. The second kappa shape index (κ2) is 19.8. The molecule has 75 heavy (non-hydrogen) atoms. The van der Waals surface area contributed by atoms with Crippen LogP contribution in [0.1, 0.15) is 50.1 Å². The first-order valence-electron chi connectivity index (χ1n) is 20.6. The van der Waals surface area contributed by atoms with Crippen LogP contribution < -0.4 is 26.4 Å². The maximum atomic E-state index is 14.2. The van der Waals surface area contributed by atoms with Gasteiger partial charge in [0.15, 0.2) is 12.7 Å². The summed E-state index contributed by atoms with van der Waals surface area (Å²) in [5, 5.41) is 1.90. The number of hydrogen-bond acceptors (Lipinski definition) is 0. The van der Waals surface area contributed by atoms with Crippen LogP contribution in [0.4, 0.5) is 105 Å². The summed E-state index contributed by atoms with van der Waals surface area (Å²) in [7, 11) is 0. The summed E-state index contributed by atoms with van der Waals surface area (Å²) >= 11 is 6.22. The van der Waals surface area contributed by atoms with Crippen molar-refractivity contribution < 1.29 is 110 Å². The van der Waals surface area contributed by atoms with Crippen molar-refractivity contribution in [2.24, 2.45) is 0 Å². The van der Waals surface area contributed by atoms with E-state index in [1.54, 1.807) is 0 Å². The van der Waals surface area contributed by atoms with Crippen LogP contribution in [0.25, 0.3) is 10.9 Å². The summed E-state index contributed by atoms with van der Waals surface area (Å²) in [5.41, 5.74) is -27.8. The molecule has 0 radical (unpaired) electrons. The number of alkyl halides is 24. The summed E-state index contributed by atoms with van der Waals surface area (Å²) in [4.78, 5) is 0. The second-order valence-corrected chi connectivity index (χ2v) is 16.9. The Labute approximate surface area is 410 Å². The Hall–Kier alpha value is -6.60. The molecule has 0 aliphatic rings. The number of halogens is 25. The molecule has 7 rings (SSSR count). The molecular formula is C48H25BClF24N. The van der Waals surface area contributed by atoms with E-state index in [1.165, 1.54) is 5.56 Å². The second-order valence-electron chi connectivity index (χ2n) is 16.5. The van der Waals surface area contributed by atoms with Crippen molar-refractivity contribution in [3.63, 3.8) is 0 Å². The number of hydrogen-bond donors (Lipinski definition) is 0. The smallest absolute Gasteiger partial charge is 0.194 e. The van der Waals surface area contributed by atoms with Crippen LogP contribution in [0, 0.1) is 0 Å². The van der Waals surface area contributed by atoms with Crippen molar-refractivity contribution >= 4 is 50.5 Å². The molecule has 0 bridgehead atoms. The van der Waals surface area contributed by atoms with E-state index in [1.807, 2.05) is 30.5 Å². The molecule has 0 atom stereocenters. The van der Waals surface area contributed by atoms with Crippen LogP contribution in [0.3, 0.4) is 0 Å². The molecule has 0 aliphatic heterocycles. The average Bonchev–Trinajstić information content (AvgIpc) is 3.28. The number of fused-ring (bicyclic) bond motifs is 1. The van der Waals surface area contributed by atoms with Crippen molar-refractivity contribution in [3.8, 4) is 0 Å². The van der Waals surface area contributed by atoms with Crippen molar-refractivity contribution in [2.45, 2.75) is 56.0 Å². The van der Waals surface area contributed by atoms with Gasteiger partial charge in [-0.2, -0.15) is 132 Å². The van der Waals surface area contributed by atoms with E-state index in [0.29, 0.717) is 0 Å². The van der Waals surface area contributed by atoms with Gasteiger partial charge in [0, 0.05) is 17.7 Å². The Morgan fingerprint density at radius 2 is 0.573 bits per heavy atom. The van der Waals surface area contributed by atoms with Crippen LogP contribution in [0.5, 0.6) is 0 Å². The zero-order valence-electron chi connectivity index (χ0n) is 36.5. The van der Waals surface area contributed by atoms with Crippen LogP contribution in [0.15, 0.2) is 140 Å². The van der Waals surface area contributed by atoms with E-state index in [4.69, 9.17) is 11.6 Å². The van der Waals surface area contributed by atoms with Gasteiger partial charge in [-0.25, -0.2) is 0 Å². The molecule has 0 aliphatic carbocycles. The summed E-state index contributed by atoms with van der Waals surface area (Å²) in [6, 6.07) is 11.8. The molecule has 0 saturated carbocycles. The predicted molar refractivity (Wildman–Crippen MR) is 225 cm³/mol. The maximum absolute atomic E-state index is 14.2. The van der Waals surface area contributed by atoms with Crippen molar-refractivity contribution in [2.75, 3.05) is 0 Å². The van der Waals surface area contributed by atoms with E-state index >= 15 is 0 Å². The Morgan fingerprint density at radius 3 is 0.840 bits per heavy atom. The van der Waals surface area contributed by atoms with Gasteiger partial charge in [0.25, 0.3) is 0 Å². The number of rotatable bonds is 6. The molecule has 0 N–H and O–H groups in total. The summed E-state index contributed by atoms with van der Waals surface area (Å²) < 4.78 is 343. The first kappa shape index (κ1) is 57.7. The lowest BCUT2D eigenvalue weighted by molar-refractivity contribution is -0.662. The Morgan fingerprint density at radius 1 is 0.320 bits per heavy atom. The van der Waals surface area contributed by atoms with Crippen LogP contribution in [-0.4, -0.2) is 6.15 Å². The van der Waals surface area contributed by atoms with Gasteiger partial charge in [-0.3, -0.25) is 0 Å². The van der Waals surface area contributed by atoms with Gasteiger partial charge in [0.2, 0.25) is 5.52 Å². The van der Waals surface area contributed by atoms with Gasteiger partial charge >= 0.3 is 49.4 Å². The Balaban J connectivity index is 0.000000421. The molecule has 6 aromatic carbocycles. The first-order chi connectivity index (χ1) is 34.1. The van der Waals surface area contributed by atoms with E-state index in [9.17, 15) is 105 Å². The van der Waals surface area contributed by atoms with Gasteiger partial charge < -0.3 is 0 Å². The lowest BCUT2D eigenvalue weighted by Gasteiger charge is -2.46. The molecule has 7 aromatic rings. The quantitative estimate of drug-likeness (QED) is 0.0888. The molecule has 0 amide bonds. The third-order valence-corrected chi connectivity index (χ3v) is 11.8. The van der Waals surface area contributed by atoms with Gasteiger partial charge in [-0.15, -0.1) is 0 Å². The van der Waals surface area contributed by atoms with Gasteiger partial charge in [0.1, 0.15) is 6.15 Å². The first-order valence-corrected chi connectivity index (χ1v) is 20.9. The normalized spacial score (nSPS) is 13.5. The zero-order chi connectivity index (χ0) is 56.3. The van der Waals surface area contributed by atoms with Gasteiger partial charge in [-0.05, 0) is 30.3 Å². The fraction of sp³-hybridized carbons (Fsp3) is 0.188. The highest BCUT2D eigenvalue weighted by molar-refractivity contribution is 7.20. The van der Waals surface area contributed by atoms with Crippen LogP contribution in [-0.2, 0) is 56.0 Å². The molecule has 27 heteroatoms. The maximum Gasteiger partial charge on any atom is 0.416 e. The van der Waals surface area contributed by atoms with Crippen molar-refractivity contribution in [1.29, 1.82) is 0 Å². The summed E-state index contributed by atoms with van der Waals surface area (Å²) in [6.07, 6.45) is -52.8. The molecule has 0 fully saturated rings. The molecule has 1 nitrogen and oxygen atoms in total. The van der Waals surface area contributed by atoms with E-state index in [0.717, 1.165) is 22.5 Å². The van der Waals surface area contributed by atoms with E-state index in [-0.39, 0.29) is 0 Å². The number of nitrogens with zero attached hydrogens (tertiary/aromatic N) is 1. The number of para-hydroxylation sites is 1. The molecular weight excluding hydrogens is 1090 g/mol. The molecule has 1 heterocycles. The Kier molecular flexibility index (Phi) is 15.3. The minimum Gasteiger partial charge on any atom is -0.194 e. The predicted octanol–water partition coefficient (Wildman–Crippen LogP) is 15.0. The third kappa shape index (κ3) is 12.9. The number of pyridine rings is 1. The summed E-state index contributed by atoms with van der Waals surface area (Å²) in [6.45, 7) is 0.860. The van der Waals surface area contributed by atoms with Gasteiger partial charge in [0.05, 0.1) is 54.9 Å². The highest BCUT2D eigenvalue weighted by Crippen LogP contribution is 2.41.